The van der Waals surface area contributed by atoms with E-state index in [4.69, 9.17) is 4.74 Å². The third-order valence-corrected chi connectivity index (χ3v) is 5.08. The second-order valence-electron chi connectivity index (χ2n) is 4.20. The zero-order chi connectivity index (χ0) is 14.8. The lowest BCUT2D eigenvalue weighted by Crippen LogP contribution is -2.32. The quantitative estimate of drug-likeness (QED) is 0.599. The van der Waals surface area contributed by atoms with Crippen LogP contribution in [0.25, 0.3) is 0 Å². The minimum Gasteiger partial charge on any atom is -0.490 e. The fourth-order valence-corrected chi connectivity index (χ4v) is 2.94. The molecule has 0 heterocycles. The number of hydrogen-bond donors (Lipinski definition) is 0. The van der Waals surface area contributed by atoms with E-state index in [2.05, 4.69) is 0 Å². The molecular formula is C11H16N2O5S. The third kappa shape index (κ3) is 3.02. The molecule has 0 amide bonds. The summed E-state index contributed by atoms with van der Waals surface area (Å²) >= 11 is 0. The van der Waals surface area contributed by atoms with Crippen LogP contribution in [0.3, 0.4) is 0 Å². The fraction of sp³-hybridized carbons (Fsp3) is 0.455. The molecule has 1 rings (SSSR count). The van der Waals surface area contributed by atoms with Gasteiger partial charge in [0.15, 0.2) is 15.6 Å². The number of methoxy groups -OCH3 is 1. The van der Waals surface area contributed by atoms with Crippen molar-refractivity contribution in [1.82, 2.24) is 4.90 Å². The fourth-order valence-electron chi connectivity index (χ4n) is 1.46. The smallest absolute Gasteiger partial charge is 0.310 e. The minimum absolute atomic E-state index is 0.00356. The van der Waals surface area contributed by atoms with E-state index in [0.29, 0.717) is 0 Å². The zero-order valence-corrected chi connectivity index (χ0v) is 12.0. The third-order valence-electron chi connectivity index (χ3n) is 2.85. The first-order valence-electron chi connectivity index (χ1n) is 5.44. The first-order chi connectivity index (χ1) is 8.71. The Labute approximate surface area is 111 Å². The Morgan fingerprint density at radius 2 is 1.95 bits per heavy atom. The molecule has 19 heavy (non-hydrogen) atoms. The van der Waals surface area contributed by atoms with Crippen molar-refractivity contribution in [2.75, 3.05) is 21.2 Å². The van der Waals surface area contributed by atoms with E-state index >= 15 is 0 Å². The van der Waals surface area contributed by atoms with Crippen LogP contribution in [-0.4, -0.2) is 44.8 Å². The Morgan fingerprint density at radius 1 is 1.37 bits per heavy atom. The average Bonchev–Trinajstić information content (AvgIpc) is 2.36. The molecule has 0 aromatic heterocycles. The Kier molecular flexibility index (Phi) is 4.48. The molecule has 1 atom stereocenters. The van der Waals surface area contributed by atoms with Crippen molar-refractivity contribution in [2.45, 2.75) is 17.2 Å². The molecule has 1 unspecified atom stereocenters. The number of sulfone groups is 1. The van der Waals surface area contributed by atoms with Gasteiger partial charge < -0.3 is 4.74 Å². The first-order valence-corrected chi connectivity index (χ1v) is 6.99. The van der Waals surface area contributed by atoms with Gasteiger partial charge in [0, 0.05) is 12.1 Å². The lowest BCUT2D eigenvalue weighted by Gasteiger charge is -2.20. The van der Waals surface area contributed by atoms with Gasteiger partial charge in [-0.1, -0.05) is 0 Å². The van der Waals surface area contributed by atoms with Gasteiger partial charge in [-0.3, -0.25) is 15.0 Å². The summed E-state index contributed by atoms with van der Waals surface area (Å²) in [5.41, 5.74) is -0.265. The lowest BCUT2D eigenvalue weighted by atomic mass is 10.3. The largest absolute Gasteiger partial charge is 0.490 e. The van der Waals surface area contributed by atoms with E-state index in [1.165, 1.54) is 19.2 Å². The van der Waals surface area contributed by atoms with Crippen LogP contribution < -0.4 is 4.74 Å². The molecule has 0 saturated heterocycles. The highest BCUT2D eigenvalue weighted by Crippen LogP contribution is 2.30. The molecule has 0 fully saturated rings. The molecule has 0 aliphatic heterocycles. The summed E-state index contributed by atoms with van der Waals surface area (Å²) in [6, 6.07) is 3.53. The van der Waals surface area contributed by atoms with Gasteiger partial charge >= 0.3 is 5.69 Å². The standard InChI is InChI=1S/C11H16N2O5S/c1-8(12(2)3)19(16,17)9-5-6-10(13(14)15)11(7-9)18-4/h5-8H,1-4H3. The number of rotatable bonds is 5. The van der Waals surface area contributed by atoms with E-state index in [1.54, 1.807) is 25.9 Å². The highest BCUT2D eigenvalue weighted by Gasteiger charge is 2.27. The van der Waals surface area contributed by atoms with Gasteiger partial charge in [0.2, 0.25) is 0 Å². The number of hydrogen-bond acceptors (Lipinski definition) is 6. The molecule has 106 valence electrons. The molecule has 1 aromatic rings. The molecule has 0 spiro atoms. The van der Waals surface area contributed by atoms with Gasteiger partial charge in [0.1, 0.15) is 5.37 Å². The van der Waals surface area contributed by atoms with Crippen molar-refractivity contribution in [1.29, 1.82) is 0 Å². The minimum atomic E-state index is -3.59. The van der Waals surface area contributed by atoms with Gasteiger partial charge in [0.25, 0.3) is 0 Å². The molecule has 0 radical (unpaired) electrons. The summed E-state index contributed by atoms with van der Waals surface area (Å²) in [6.07, 6.45) is 0. The number of ether oxygens (including phenoxy) is 1. The van der Waals surface area contributed by atoms with Crippen LogP contribution in [0.4, 0.5) is 5.69 Å². The van der Waals surface area contributed by atoms with Gasteiger partial charge in [0.05, 0.1) is 16.9 Å². The van der Waals surface area contributed by atoms with Crippen LogP contribution in [0, 0.1) is 10.1 Å². The molecule has 0 aliphatic carbocycles. The van der Waals surface area contributed by atoms with Crippen LogP contribution >= 0.6 is 0 Å². The summed E-state index contributed by atoms with van der Waals surface area (Å²) in [7, 11) is 0.955. The highest BCUT2D eigenvalue weighted by atomic mass is 32.2. The Morgan fingerprint density at radius 3 is 2.37 bits per heavy atom. The maximum absolute atomic E-state index is 12.3. The van der Waals surface area contributed by atoms with Crippen molar-refractivity contribution >= 4 is 15.5 Å². The highest BCUT2D eigenvalue weighted by molar-refractivity contribution is 7.92. The molecule has 1 aromatic carbocycles. The number of nitrogens with zero attached hydrogens (tertiary/aromatic N) is 2. The Balaban J connectivity index is 3.34. The molecule has 7 nitrogen and oxygen atoms in total. The average molecular weight is 288 g/mol. The molecule has 0 saturated carbocycles. The van der Waals surface area contributed by atoms with Gasteiger partial charge in [-0.15, -0.1) is 0 Å². The molecule has 0 bridgehead atoms. The summed E-state index contributed by atoms with van der Waals surface area (Å²) in [6.45, 7) is 1.54. The van der Waals surface area contributed by atoms with E-state index in [0.717, 1.165) is 6.07 Å². The summed E-state index contributed by atoms with van der Waals surface area (Å²) in [5.74, 6) is -0.0722. The van der Waals surface area contributed by atoms with E-state index in [-0.39, 0.29) is 16.3 Å². The van der Waals surface area contributed by atoms with Crippen LogP contribution in [0.2, 0.25) is 0 Å². The second kappa shape index (κ2) is 5.54. The molecule has 8 heteroatoms. The van der Waals surface area contributed by atoms with Crippen molar-refractivity contribution in [3.63, 3.8) is 0 Å². The van der Waals surface area contributed by atoms with Crippen molar-refractivity contribution in [3.05, 3.63) is 28.3 Å². The van der Waals surface area contributed by atoms with Crippen molar-refractivity contribution < 1.29 is 18.1 Å². The van der Waals surface area contributed by atoms with Crippen LogP contribution in [0.15, 0.2) is 23.1 Å². The number of nitro groups is 1. The topological polar surface area (TPSA) is 89.8 Å². The summed E-state index contributed by atoms with van der Waals surface area (Å²) in [4.78, 5) is 11.7. The summed E-state index contributed by atoms with van der Waals surface area (Å²) < 4.78 is 29.4. The van der Waals surface area contributed by atoms with Gasteiger partial charge in [-0.05, 0) is 27.1 Å². The Bertz CT molecular complexity index is 583. The maximum Gasteiger partial charge on any atom is 0.310 e. The second-order valence-corrected chi connectivity index (χ2v) is 6.44. The molecule has 0 N–H and O–H groups in total. The number of nitro benzene ring substituents is 1. The SMILES string of the molecule is COc1cc(S(=O)(=O)C(C)N(C)C)ccc1[N+](=O)[O-]. The monoisotopic (exact) mass is 288 g/mol. The van der Waals surface area contributed by atoms with E-state index < -0.39 is 20.1 Å². The molecule has 0 aliphatic rings. The van der Waals surface area contributed by atoms with Crippen molar-refractivity contribution in [3.8, 4) is 5.75 Å². The summed E-state index contributed by atoms with van der Waals surface area (Å²) in [5, 5.41) is 10.0. The Hall–Kier alpha value is -1.67. The predicted octanol–water partition coefficient (Wildman–Crippen LogP) is 1.28. The lowest BCUT2D eigenvalue weighted by molar-refractivity contribution is -0.385. The first kappa shape index (κ1) is 15.4. The predicted molar refractivity (Wildman–Crippen MR) is 70.0 cm³/mol. The molecular weight excluding hydrogens is 272 g/mol. The number of benzene rings is 1. The van der Waals surface area contributed by atoms with E-state index in [1.807, 2.05) is 0 Å². The van der Waals surface area contributed by atoms with Crippen molar-refractivity contribution in [2.24, 2.45) is 0 Å². The normalized spacial score (nSPS) is 13.3. The van der Waals surface area contributed by atoms with Crippen LogP contribution in [0.5, 0.6) is 5.75 Å². The van der Waals surface area contributed by atoms with Gasteiger partial charge in [-0.2, -0.15) is 0 Å². The van der Waals surface area contributed by atoms with Crippen LogP contribution in [0.1, 0.15) is 6.92 Å². The maximum atomic E-state index is 12.3. The van der Waals surface area contributed by atoms with Gasteiger partial charge in [-0.25, -0.2) is 8.42 Å². The van der Waals surface area contributed by atoms with Crippen LogP contribution in [-0.2, 0) is 9.84 Å². The zero-order valence-electron chi connectivity index (χ0n) is 11.2. The van der Waals surface area contributed by atoms with E-state index in [9.17, 15) is 18.5 Å².